The van der Waals surface area contributed by atoms with E-state index < -0.39 is 11.6 Å². The van der Waals surface area contributed by atoms with E-state index in [0.29, 0.717) is 10.9 Å². The number of aromatic carboxylic acids is 1. The second kappa shape index (κ2) is 4.66. The van der Waals surface area contributed by atoms with Crippen molar-refractivity contribution in [3.05, 3.63) is 70.6 Å². The van der Waals surface area contributed by atoms with Gasteiger partial charge in [0.05, 0.1) is 10.9 Å². The summed E-state index contributed by atoms with van der Waals surface area (Å²) in [6, 6.07) is 15.1. The van der Waals surface area contributed by atoms with Gasteiger partial charge in [-0.2, -0.15) is 0 Å². The van der Waals surface area contributed by atoms with Crippen molar-refractivity contribution in [2.24, 2.45) is 0 Å². The molecular weight excluding hydrogens is 256 g/mol. The van der Waals surface area contributed by atoms with E-state index in [0.717, 1.165) is 5.39 Å². The first-order valence-electron chi connectivity index (χ1n) is 6.02. The SMILES string of the molecule is O=C(O)c1ccccc1-c1cc2ccccc2c(=O)o1. The lowest BCUT2D eigenvalue weighted by Crippen LogP contribution is -2.03. The lowest BCUT2D eigenvalue weighted by molar-refractivity contribution is 0.0697. The molecule has 98 valence electrons. The predicted octanol–water partition coefficient (Wildman–Crippen LogP) is 3.16. The number of carboxylic acids is 1. The van der Waals surface area contributed by atoms with Crippen LogP contribution in [0.4, 0.5) is 0 Å². The Balaban J connectivity index is 2.31. The standard InChI is InChI=1S/C16H10O4/c17-15(18)13-8-4-3-7-12(13)14-9-10-5-1-2-6-11(10)16(19)20-14/h1-9H,(H,17,18). The number of carbonyl (C=O) groups is 1. The van der Waals surface area contributed by atoms with E-state index in [4.69, 9.17) is 4.42 Å². The van der Waals surface area contributed by atoms with Gasteiger partial charge in [-0.05, 0) is 23.6 Å². The van der Waals surface area contributed by atoms with Gasteiger partial charge in [0.15, 0.2) is 0 Å². The Bertz CT molecular complexity index is 861. The summed E-state index contributed by atoms with van der Waals surface area (Å²) >= 11 is 0. The van der Waals surface area contributed by atoms with Crippen molar-refractivity contribution in [2.75, 3.05) is 0 Å². The Kier molecular flexibility index (Phi) is 2.84. The maximum atomic E-state index is 11.9. The van der Waals surface area contributed by atoms with Crippen molar-refractivity contribution in [3.8, 4) is 11.3 Å². The average molecular weight is 266 g/mol. The van der Waals surface area contributed by atoms with Crippen LogP contribution in [-0.2, 0) is 0 Å². The van der Waals surface area contributed by atoms with Crippen LogP contribution in [0.25, 0.3) is 22.1 Å². The van der Waals surface area contributed by atoms with E-state index in [1.165, 1.54) is 6.07 Å². The Morgan fingerprint density at radius 3 is 2.50 bits per heavy atom. The van der Waals surface area contributed by atoms with Crippen molar-refractivity contribution >= 4 is 16.7 Å². The zero-order chi connectivity index (χ0) is 14.1. The molecule has 4 nitrogen and oxygen atoms in total. The highest BCUT2D eigenvalue weighted by atomic mass is 16.4. The summed E-state index contributed by atoms with van der Waals surface area (Å²) in [5.74, 6) is -0.803. The fourth-order valence-corrected chi connectivity index (χ4v) is 2.15. The van der Waals surface area contributed by atoms with Gasteiger partial charge in [-0.1, -0.05) is 36.4 Å². The highest BCUT2D eigenvalue weighted by molar-refractivity contribution is 5.96. The van der Waals surface area contributed by atoms with Gasteiger partial charge in [-0.25, -0.2) is 9.59 Å². The Morgan fingerprint density at radius 1 is 1.00 bits per heavy atom. The molecule has 2 aromatic carbocycles. The number of rotatable bonds is 2. The van der Waals surface area contributed by atoms with E-state index in [-0.39, 0.29) is 11.3 Å². The van der Waals surface area contributed by atoms with Crippen LogP contribution in [0.1, 0.15) is 10.4 Å². The molecule has 0 saturated carbocycles. The highest BCUT2D eigenvalue weighted by Crippen LogP contribution is 2.25. The number of hydrogen-bond donors (Lipinski definition) is 1. The molecule has 0 radical (unpaired) electrons. The second-order valence-corrected chi connectivity index (χ2v) is 4.34. The molecule has 3 rings (SSSR count). The summed E-state index contributed by atoms with van der Waals surface area (Å²) in [5.41, 5.74) is 0.0204. The molecule has 0 amide bonds. The van der Waals surface area contributed by atoms with Gasteiger partial charge in [-0.3, -0.25) is 0 Å². The van der Waals surface area contributed by atoms with E-state index >= 15 is 0 Å². The Hall–Kier alpha value is -2.88. The van der Waals surface area contributed by atoms with Crippen LogP contribution in [0.3, 0.4) is 0 Å². The molecule has 0 saturated heterocycles. The third kappa shape index (κ3) is 1.97. The van der Waals surface area contributed by atoms with E-state index in [9.17, 15) is 14.7 Å². The van der Waals surface area contributed by atoms with Crippen molar-refractivity contribution < 1.29 is 14.3 Å². The van der Waals surface area contributed by atoms with Gasteiger partial charge >= 0.3 is 11.6 Å². The van der Waals surface area contributed by atoms with Gasteiger partial charge in [0, 0.05) is 5.56 Å². The summed E-state index contributed by atoms with van der Waals surface area (Å²) < 4.78 is 5.25. The first-order chi connectivity index (χ1) is 9.66. The molecule has 1 heterocycles. The molecule has 0 unspecified atom stereocenters. The van der Waals surface area contributed by atoms with E-state index in [1.54, 1.807) is 42.5 Å². The summed E-state index contributed by atoms with van der Waals surface area (Å²) in [7, 11) is 0. The third-order valence-corrected chi connectivity index (χ3v) is 3.09. The predicted molar refractivity (Wildman–Crippen MR) is 74.9 cm³/mol. The average Bonchev–Trinajstić information content (AvgIpc) is 2.47. The summed E-state index contributed by atoms with van der Waals surface area (Å²) in [6.07, 6.45) is 0. The Labute approximate surface area is 113 Å². The van der Waals surface area contributed by atoms with Crippen LogP contribution in [0.5, 0.6) is 0 Å². The minimum absolute atomic E-state index is 0.103. The third-order valence-electron chi connectivity index (χ3n) is 3.09. The molecule has 0 aliphatic heterocycles. The minimum Gasteiger partial charge on any atom is -0.478 e. The van der Waals surface area contributed by atoms with Gasteiger partial charge in [0.2, 0.25) is 0 Å². The van der Waals surface area contributed by atoms with Gasteiger partial charge in [0.25, 0.3) is 0 Å². The fraction of sp³-hybridized carbons (Fsp3) is 0. The largest absolute Gasteiger partial charge is 0.478 e. The second-order valence-electron chi connectivity index (χ2n) is 4.34. The van der Waals surface area contributed by atoms with E-state index in [1.807, 2.05) is 6.07 Å². The summed E-state index contributed by atoms with van der Waals surface area (Å²) in [5, 5.41) is 10.4. The van der Waals surface area contributed by atoms with Crippen LogP contribution < -0.4 is 5.63 Å². The lowest BCUT2D eigenvalue weighted by Gasteiger charge is -2.05. The van der Waals surface area contributed by atoms with E-state index in [2.05, 4.69) is 0 Å². The molecule has 20 heavy (non-hydrogen) atoms. The molecule has 0 aliphatic rings. The van der Waals surface area contributed by atoms with Gasteiger partial charge in [0.1, 0.15) is 5.76 Å². The maximum absolute atomic E-state index is 11.9. The fourth-order valence-electron chi connectivity index (χ4n) is 2.15. The number of hydrogen-bond acceptors (Lipinski definition) is 3. The van der Waals surface area contributed by atoms with Gasteiger partial charge < -0.3 is 9.52 Å². The minimum atomic E-state index is -1.06. The molecule has 0 spiro atoms. The Morgan fingerprint density at radius 2 is 1.70 bits per heavy atom. The molecule has 0 fully saturated rings. The van der Waals surface area contributed by atoms with Crippen molar-refractivity contribution in [1.29, 1.82) is 0 Å². The molecule has 0 bridgehead atoms. The van der Waals surface area contributed by atoms with Crippen molar-refractivity contribution in [3.63, 3.8) is 0 Å². The molecule has 0 aliphatic carbocycles. The van der Waals surface area contributed by atoms with Crippen LogP contribution in [0.15, 0.2) is 63.8 Å². The molecular formula is C16H10O4. The van der Waals surface area contributed by atoms with Crippen LogP contribution in [0.2, 0.25) is 0 Å². The quantitative estimate of drug-likeness (QED) is 0.773. The molecule has 4 heteroatoms. The summed E-state index contributed by atoms with van der Waals surface area (Å²) in [4.78, 5) is 23.2. The number of fused-ring (bicyclic) bond motifs is 1. The molecule has 0 atom stereocenters. The smallest absolute Gasteiger partial charge is 0.344 e. The molecule has 1 N–H and O–H groups in total. The molecule has 3 aromatic rings. The first kappa shape index (κ1) is 12.2. The zero-order valence-electron chi connectivity index (χ0n) is 10.4. The van der Waals surface area contributed by atoms with Crippen molar-refractivity contribution in [2.45, 2.75) is 0 Å². The van der Waals surface area contributed by atoms with Gasteiger partial charge in [-0.15, -0.1) is 0 Å². The highest BCUT2D eigenvalue weighted by Gasteiger charge is 2.14. The summed E-state index contributed by atoms with van der Waals surface area (Å²) in [6.45, 7) is 0. The van der Waals surface area contributed by atoms with Crippen molar-refractivity contribution in [1.82, 2.24) is 0 Å². The lowest BCUT2D eigenvalue weighted by atomic mass is 10.0. The van der Waals surface area contributed by atoms with Crippen LogP contribution in [-0.4, -0.2) is 11.1 Å². The number of benzene rings is 2. The topological polar surface area (TPSA) is 67.5 Å². The van der Waals surface area contributed by atoms with Crippen LogP contribution >= 0.6 is 0 Å². The monoisotopic (exact) mass is 266 g/mol. The normalized spacial score (nSPS) is 10.6. The first-order valence-corrected chi connectivity index (χ1v) is 6.02. The molecule has 1 aromatic heterocycles. The van der Waals surface area contributed by atoms with Crippen LogP contribution in [0, 0.1) is 0 Å². The zero-order valence-corrected chi connectivity index (χ0v) is 10.4. The number of carboxylic acid groups (broad SMARTS) is 1. The maximum Gasteiger partial charge on any atom is 0.344 e.